The van der Waals surface area contributed by atoms with Crippen LogP contribution in [0.15, 0.2) is 66.3 Å². The van der Waals surface area contributed by atoms with Gasteiger partial charge in [0.2, 0.25) is 5.91 Å². The first kappa shape index (κ1) is 18.6. The number of nitrogens with one attached hydrogen (secondary N) is 2. The number of hydrogen-bond acceptors (Lipinski definition) is 5. The van der Waals surface area contributed by atoms with Crippen LogP contribution in [0.3, 0.4) is 0 Å². The van der Waals surface area contributed by atoms with Gasteiger partial charge in [-0.15, -0.1) is 18.3 Å². The largest absolute Gasteiger partial charge is 0.324 e. The maximum absolute atomic E-state index is 12.7. The number of thioether (sulfide) groups is 1. The molecule has 3 rings (SSSR count). The van der Waals surface area contributed by atoms with Gasteiger partial charge in [-0.2, -0.15) is 0 Å². The molecule has 1 aromatic carbocycles. The lowest BCUT2D eigenvalue weighted by atomic mass is 10.1. The molecule has 0 radical (unpaired) electrons. The molecule has 26 heavy (non-hydrogen) atoms. The van der Waals surface area contributed by atoms with Gasteiger partial charge in [-0.1, -0.05) is 24.3 Å². The highest BCUT2D eigenvalue weighted by atomic mass is 32.2. The Kier molecular flexibility index (Phi) is 6.82. The number of hydrogen-bond donors (Lipinski definition) is 2. The zero-order valence-corrected chi connectivity index (χ0v) is 15.5. The van der Waals surface area contributed by atoms with Gasteiger partial charge < -0.3 is 10.6 Å². The summed E-state index contributed by atoms with van der Waals surface area (Å²) >= 11 is 1.67. The molecule has 0 aliphatic carbocycles. The number of nitrogens with zero attached hydrogens (tertiary/aromatic N) is 2. The molecule has 2 N–H and O–H groups in total. The number of benzene rings is 1. The third-order valence-electron chi connectivity index (χ3n) is 4.29. The average Bonchev–Trinajstić information content (AvgIpc) is 2.68. The van der Waals surface area contributed by atoms with Gasteiger partial charge in [0.05, 0.1) is 12.2 Å². The summed E-state index contributed by atoms with van der Waals surface area (Å²) in [5.41, 5.74) is 1.99. The van der Waals surface area contributed by atoms with E-state index >= 15 is 0 Å². The van der Waals surface area contributed by atoms with Crippen LogP contribution < -0.4 is 10.6 Å². The summed E-state index contributed by atoms with van der Waals surface area (Å²) in [6.07, 6.45) is 5.51. The van der Waals surface area contributed by atoms with Crippen LogP contribution in [0, 0.1) is 0 Å². The van der Waals surface area contributed by atoms with Crippen molar-refractivity contribution >= 4 is 23.4 Å². The number of amides is 1. The van der Waals surface area contributed by atoms with Crippen LogP contribution in [0.5, 0.6) is 0 Å². The quantitative estimate of drug-likeness (QED) is 0.581. The minimum absolute atomic E-state index is 0.00689. The first-order valence-electron chi connectivity index (χ1n) is 8.75. The second-order valence-electron chi connectivity index (χ2n) is 6.12. The predicted octanol–water partition coefficient (Wildman–Crippen LogP) is 2.94. The molecule has 1 aliphatic rings. The molecule has 136 valence electrons. The van der Waals surface area contributed by atoms with Crippen molar-refractivity contribution in [2.24, 2.45) is 0 Å². The first-order chi connectivity index (χ1) is 12.8. The highest BCUT2D eigenvalue weighted by Gasteiger charge is 2.25. The molecule has 2 heterocycles. The summed E-state index contributed by atoms with van der Waals surface area (Å²) in [5, 5.41) is 6.47. The summed E-state index contributed by atoms with van der Waals surface area (Å²) in [6, 6.07) is 12.1. The van der Waals surface area contributed by atoms with Crippen molar-refractivity contribution in [2.45, 2.75) is 10.9 Å². The number of para-hydroxylation sites is 1. The van der Waals surface area contributed by atoms with Gasteiger partial charge in [0.15, 0.2) is 0 Å². The first-order valence-corrected chi connectivity index (χ1v) is 9.74. The van der Waals surface area contributed by atoms with Crippen LogP contribution in [-0.2, 0) is 4.79 Å². The van der Waals surface area contributed by atoms with Crippen LogP contribution in [-0.4, -0.2) is 47.7 Å². The number of rotatable bonds is 7. The van der Waals surface area contributed by atoms with E-state index in [9.17, 15) is 4.79 Å². The molecular formula is C20H24N4OS. The van der Waals surface area contributed by atoms with E-state index in [-0.39, 0.29) is 11.9 Å². The summed E-state index contributed by atoms with van der Waals surface area (Å²) in [7, 11) is 0. The molecule has 1 aromatic heterocycles. The summed E-state index contributed by atoms with van der Waals surface area (Å²) < 4.78 is 0. The number of carbonyl (C=O) groups excluding carboxylic acids is 1. The van der Waals surface area contributed by atoms with E-state index in [0.717, 1.165) is 41.5 Å². The van der Waals surface area contributed by atoms with Crippen LogP contribution in [0.25, 0.3) is 0 Å². The van der Waals surface area contributed by atoms with E-state index < -0.39 is 0 Å². The fraction of sp³-hybridized carbons (Fsp3) is 0.300. The van der Waals surface area contributed by atoms with Crippen molar-refractivity contribution in [1.82, 2.24) is 15.2 Å². The number of pyridine rings is 1. The van der Waals surface area contributed by atoms with Crippen LogP contribution in [0.4, 0.5) is 5.69 Å². The van der Waals surface area contributed by atoms with Crippen molar-refractivity contribution < 1.29 is 4.79 Å². The topological polar surface area (TPSA) is 57.3 Å². The highest BCUT2D eigenvalue weighted by Crippen LogP contribution is 2.27. The van der Waals surface area contributed by atoms with Crippen molar-refractivity contribution in [2.75, 3.05) is 37.2 Å². The van der Waals surface area contributed by atoms with Gasteiger partial charge in [0, 0.05) is 48.7 Å². The number of aromatic nitrogens is 1. The fourth-order valence-electron chi connectivity index (χ4n) is 3.06. The Hall–Kier alpha value is -2.15. The molecule has 1 atom stereocenters. The lowest BCUT2D eigenvalue weighted by Crippen LogP contribution is -2.48. The normalized spacial score (nSPS) is 17.6. The third kappa shape index (κ3) is 4.94. The number of anilines is 1. The molecule has 6 heteroatoms. The molecule has 1 saturated heterocycles. The van der Waals surface area contributed by atoms with E-state index in [0.29, 0.717) is 6.54 Å². The number of piperazine rings is 1. The van der Waals surface area contributed by atoms with Crippen molar-refractivity contribution in [3.05, 3.63) is 67.0 Å². The molecule has 1 amide bonds. The van der Waals surface area contributed by atoms with Crippen molar-refractivity contribution in [3.63, 3.8) is 0 Å². The second-order valence-corrected chi connectivity index (χ2v) is 7.18. The van der Waals surface area contributed by atoms with E-state index in [1.807, 2.05) is 42.6 Å². The molecule has 0 bridgehead atoms. The molecule has 2 aromatic rings. The number of carbonyl (C=O) groups is 1. The standard InChI is InChI=1S/C20H24N4OS/c1-2-12-26-19-8-4-3-7-17(19)23-20(25)15-24-11-10-22-14-18(24)16-6-5-9-21-13-16/h2-9,13,18,22H,1,10-12,14-15H2,(H,23,25). The fourth-order valence-corrected chi connectivity index (χ4v) is 3.80. The Morgan fingerprint density at radius 2 is 2.27 bits per heavy atom. The Labute approximate surface area is 158 Å². The van der Waals surface area contributed by atoms with Gasteiger partial charge >= 0.3 is 0 Å². The zero-order chi connectivity index (χ0) is 18.2. The van der Waals surface area contributed by atoms with Gasteiger partial charge in [-0.25, -0.2) is 0 Å². The van der Waals surface area contributed by atoms with Gasteiger partial charge in [-0.05, 0) is 23.8 Å². The SMILES string of the molecule is C=CCSc1ccccc1NC(=O)CN1CCNCC1c1cccnc1. The minimum atomic E-state index is 0.00689. The summed E-state index contributed by atoms with van der Waals surface area (Å²) in [6.45, 7) is 6.66. The zero-order valence-electron chi connectivity index (χ0n) is 14.7. The molecule has 1 unspecified atom stereocenters. The maximum Gasteiger partial charge on any atom is 0.238 e. The predicted molar refractivity (Wildman–Crippen MR) is 107 cm³/mol. The molecule has 0 saturated carbocycles. The van der Waals surface area contributed by atoms with Gasteiger partial charge in [0.25, 0.3) is 0 Å². The second kappa shape index (κ2) is 9.52. The lowest BCUT2D eigenvalue weighted by Gasteiger charge is -2.35. The maximum atomic E-state index is 12.7. The Morgan fingerprint density at radius 1 is 1.38 bits per heavy atom. The Morgan fingerprint density at radius 3 is 3.08 bits per heavy atom. The van der Waals surface area contributed by atoms with Crippen LogP contribution >= 0.6 is 11.8 Å². The van der Waals surface area contributed by atoms with Gasteiger partial charge in [-0.3, -0.25) is 14.7 Å². The van der Waals surface area contributed by atoms with E-state index in [4.69, 9.17) is 0 Å². The van der Waals surface area contributed by atoms with Crippen LogP contribution in [0.2, 0.25) is 0 Å². The Balaban J connectivity index is 1.66. The van der Waals surface area contributed by atoms with E-state index in [1.165, 1.54) is 0 Å². The smallest absolute Gasteiger partial charge is 0.238 e. The molecule has 5 nitrogen and oxygen atoms in total. The van der Waals surface area contributed by atoms with Crippen molar-refractivity contribution in [3.8, 4) is 0 Å². The third-order valence-corrected chi connectivity index (χ3v) is 5.36. The summed E-state index contributed by atoms with van der Waals surface area (Å²) in [5.74, 6) is 0.820. The highest BCUT2D eigenvalue weighted by molar-refractivity contribution is 7.99. The van der Waals surface area contributed by atoms with Crippen molar-refractivity contribution in [1.29, 1.82) is 0 Å². The Bertz CT molecular complexity index is 738. The van der Waals surface area contributed by atoms with E-state index in [1.54, 1.807) is 18.0 Å². The molecule has 1 fully saturated rings. The molecule has 0 spiro atoms. The van der Waals surface area contributed by atoms with Gasteiger partial charge in [0.1, 0.15) is 0 Å². The minimum Gasteiger partial charge on any atom is -0.324 e. The lowest BCUT2D eigenvalue weighted by molar-refractivity contribution is -0.118. The molecule has 1 aliphatic heterocycles. The van der Waals surface area contributed by atoms with Crippen LogP contribution in [0.1, 0.15) is 11.6 Å². The molecular weight excluding hydrogens is 344 g/mol. The summed E-state index contributed by atoms with van der Waals surface area (Å²) in [4.78, 5) is 20.2. The van der Waals surface area contributed by atoms with E-state index in [2.05, 4.69) is 33.2 Å². The monoisotopic (exact) mass is 368 g/mol. The average molecular weight is 369 g/mol.